The van der Waals surface area contributed by atoms with Crippen LogP contribution in [0.15, 0.2) is 0 Å². The Morgan fingerprint density at radius 2 is 2.46 bits per heavy atom. The van der Waals surface area contributed by atoms with Gasteiger partial charge in [-0.3, -0.25) is 9.59 Å². The second kappa shape index (κ2) is 4.25. The molecular formula is C9H16N2O2. The lowest BCUT2D eigenvalue weighted by molar-refractivity contribution is -0.127. The molecule has 1 saturated heterocycles. The number of hydrogen-bond acceptors (Lipinski definition) is 2. The molecule has 74 valence electrons. The SMILES string of the molecule is CCC(C)NC(=O)C1CNC(=O)C1. The Labute approximate surface area is 78.1 Å². The lowest BCUT2D eigenvalue weighted by Crippen LogP contribution is -2.37. The molecule has 2 amide bonds. The van der Waals surface area contributed by atoms with Gasteiger partial charge >= 0.3 is 0 Å². The average Bonchev–Trinajstić information content (AvgIpc) is 2.51. The van der Waals surface area contributed by atoms with Crippen molar-refractivity contribution in [3.05, 3.63) is 0 Å². The van der Waals surface area contributed by atoms with E-state index in [2.05, 4.69) is 10.6 Å². The van der Waals surface area contributed by atoms with Gasteiger partial charge in [0, 0.05) is 19.0 Å². The van der Waals surface area contributed by atoms with Gasteiger partial charge in [0.1, 0.15) is 0 Å². The van der Waals surface area contributed by atoms with Crippen molar-refractivity contribution >= 4 is 11.8 Å². The first-order chi connectivity index (χ1) is 6.13. The predicted molar refractivity (Wildman–Crippen MR) is 49.0 cm³/mol. The minimum Gasteiger partial charge on any atom is -0.355 e. The quantitative estimate of drug-likeness (QED) is 0.650. The van der Waals surface area contributed by atoms with Crippen LogP contribution in [-0.2, 0) is 9.59 Å². The Hall–Kier alpha value is -1.06. The van der Waals surface area contributed by atoms with Crippen molar-refractivity contribution < 1.29 is 9.59 Å². The highest BCUT2D eigenvalue weighted by molar-refractivity contribution is 5.89. The highest BCUT2D eigenvalue weighted by Gasteiger charge is 2.28. The average molecular weight is 184 g/mol. The molecular weight excluding hydrogens is 168 g/mol. The Morgan fingerprint density at radius 1 is 1.77 bits per heavy atom. The second-order valence-corrected chi connectivity index (χ2v) is 3.52. The first-order valence-corrected chi connectivity index (χ1v) is 4.70. The smallest absolute Gasteiger partial charge is 0.225 e. The lowest BCUT2D eigenvalue weighted by Gasteiger charge is -2.13. The normalized spacial score (nSPS) is 23.8. The molecule has 0 aromatic heterocycles. The Morgan fingerprint density at radius 3 is 2.92 bits per heavy atom. The van der Waals surface area contributed by atoms with Gasteiger partial charge in [0.15, 0.2) is 0 Å². The van der Waals surface area contributed by atoms with E-state index in [0.717, 1.165) is 6.42 Å². The van der Waals surface area contributed by atoms with Crippen molar-refractivity contribution in [2.24, 2.45) is 5.92 Å². The van der Waals surface area contributed by atoms with E-state index < -0.39 is 0 Å². The zero-order valence-electron chi connectivity index (χ0n) is 8.09. The van der Waals surface area contributed by atoms with E-state index in [1.54, 1.807) is 0 Å². The summed E-state index contributed by atoms with van der Waals surface area (Å²) in [6.45, 7) is 4.46. The van der Waals surface area contributed by atoms with Gasteiger partial charge in [-0.1, -0.05) is 6.92 Å². The zero-order valence-corrected chi connectivity index (χ0v) is 8.09. The molecule has 1 fully saturated rings. The summed E-state index contributed by atoms with van der Waals surface area (Å²) in [6, 6.07) is 0.197. The highest BCUT2D eigenvalue weighted by atomic mass is 16.2. The van der Waals surface area contributed by atoms with Crippen LogP contribution in [0, 0.1) is 5.92 Å². The summed E-state index contributed by atoms with van der Waals surface area (Å²) >= 11 is 0. The fraction of sp³-hybridized carbons (Fsp3) is 0.778. The van der Waals surface area contributed by atoms with E-state index in [1.165, 1.54) is 0 Å². The van der Waals surface area contributed by atoms with E-state index in [9.17, 15) is 9.59 Å². The minimum atomic E-state index is -0.165. The second-order valence-electron chi connectivity index (χ2n) is 3.52. The predicted octanol–water partition coefficient (Wildman–Crippen LogP) is 0.0372. The third-order valence-corrected chi connectivity index (χ3v) is 2.35. The standard InChI is InChI=1S/C9H16N2O2/c1-3-6(2)11-9(13)7-4-8(12)10-5-7/h6-7H,3-5H2,1-2H3,(H,10,12)(H,11,13). The molecule has 4 nitrogen and oxygen atoms in total. The van der Waals surface area contributed by atoms with Gasteiger partial charge in [-0.05, 0) is 13.3 Å². The molecule has 4 heteroatoms. The molecule has 0 bridgehead atoms. The van der Waals surface area contributed by atoms with Crippen LogP contribution in [0.3, 0.4) is 0 Å². The zero-order chi connectivity index (χ0) is 9.84. The third-order valence-electron chi connectivity index (χ3n) is 2.35. The fourth-order valence-corrected chi connectivity index (χ4v) is 1.25. The first kappa shape index (κ1) is 10.0. The fourth-order valence-electron chi connectivity index (χ4n) is 1.25. The van der Waals surface area contributed by atoms with Gasteiger partial charge < -0.3 is 10.6 Å². The summed E-state index contributed by atoms with van der Waals surface area (Å²) in [5, 5.41) is 5.50. The van der Waals surface area contributed by atoms with Crippen molar-refractivity contribution in [1.82, 2.24) is 10.6 Å². The summed E-state index contributed by atoms with van der Waals surface area (Å²) in [5.74, 6) is -0.196. The van der Waals surface area contributed by atoms with Crippen LogP contribution >= 0.6 is 0 Å². The van der Waals surface area contributed by atoms with Crippen molar-refractivity contribution in [2.45, 2.75) is 32.7 Å². The van der Waals surface area contributed by atoms with E-state index in [0.29, 0.717) is 13.0 Å². The minimum absolute atomic E-state index is 0.00676. The Kier molecular flexibility index (Phi) is 3.28. The maximum atomic E-state index is 11.5. The number of carbonyl (C=O) groups is 2. The van der Waals surface area contributed by atoms with Gasteiger partial charge in [0.25, 0.3) is 0 Å². The summed E-state index contributed by atoms with van der Waals surface area (Å²) in [6.07, 6.45) is 1.25. The largest absolute Gasteiger partial charge is 0.355 e. The Bertz CT molecular complexity index is 216. The molecule has 1 heterocycles. The van der Waals surface area contributed by atoms with Crippen molar-refractivity contribution in [3.63, 3.8) is 0 Å². The lowest BCUT2D eigenvalue weighted by atomic mass is 10.1. The van der Waals surface area contributed by atoms with Crippen molar-refractivity contribution in [3.8, 4) is 0 Å². The van der Waals surface area contributed by atoms with E-state index in [4.69, 9.17) is 0 Å². The molecule has 1 aliphatic rings. The van der Waals surface area contributed by atoms with Crippen LogP contribution in [-0.4, -0.2) is 24.4 Å². The monoisotopic (exact) mass is 184 g/mol. The summed E-state index contributed by atoms with van der Waals surface area (Å²) in [4.78, 5) is 22.3. The summed E-state index contributed by atoms with van der Waals surface area (Å²) in [5.41, 5.74) is 0. The molecule has 13 heavy (non-hydrogen) atoms. The molecule has 1 aliphatic heterocycles. The number of amides is 2. The molecule has 2 atom stereocenters. The van der Waals surface area contributed by atoms with Gasteiger partial charge in [-0.2, -0.15) is 0 Å². The van der Waals surface area contributed by atoms with Crippen molar-refractivity contribution in [2.75, 3.05) is 6.54 Å². The van der Waals surface area contributed by atoms with Gasteiger partial charge in [0.2, 0.25) is 11.8 Å². The third kappa shape index (κ3) is 2.72. The molecule has 0 aromatic carbocycles. The van der Waals surface area contributed by atoms with Gasteiger partial charge in [-0.15, -0.1) is 0 Å². The van der Waals surface area contributed by atoms with E-state index in [-0.39, 0.29) is 23.8 Å². The molecule has 2 N–H and O–H groups in total. The number of hydrogen-bond donors (Lipinski definition) is 2. The van der Waals surface area contributed by atoms with Crippen LogP contribution in [0.4, 0.5) is 0 Å². The van der Waals surface area contributed by atoms with Crippen LogP contribution in [0.2, 0.25) is 0 Å². The van der Waals surface area contributed by atoms with Crippen LogP contribution < -0.4 is 10.6 Å². The van der Waals surface area contributed by atoms with Crippen LogP contribution in [0.25, 0.3) is 0 Å². The van der Waals surface area contributed by atoms with Crippen LogP contribution in [0.1, 0.15) is 26.7 Å². The topological polar surface area (TPSA) is 58.2 Å². The van der Waals surface area contributed by atoms with Crippen molar-refractivity contribution in [1.29, 1.82) is 0 Å². The molecule has 0 radical (unpaired) electrons. The maximum Gasteiger partial charge on any atom is 0.225 e. The molecule has 0 saturated carbocycles. The first-order valence-electron chi connectivity index (χ1n) is 4.70. The summed E-state index contributed by atoms with van der Waals surface area (Å²) < 4.78 is 0. The van der Waals surface area contributed by atoms with E-state index >= 15 is 0 Å². The van der Waals surface area contributed by atoms with Crippen LogP contribution in [0.5, 0.6) is 0 Å². The molecule has 0 aliphatic carbocycles. The van der Waals surface area contributed by atoms with Gasteiger partial charge in [-0.25, -0.2) is 0 Å². The molecule has 2 unspecified atom stereocenters. The number of carbonyl (C=O) groups excluding carboxylic acids is 2. The number of rotatable bonds is 3. The summed E-state index contributed by atoms with van der Waals surface area (Å²) in [7, 11) is 0. The highest BCUT2D eigenvalue weighted by Crippen LogP contribution is 2.09. The molecule has 0 aromatic rings. The Balaban J connectivity index is 2.35. The maximum absolute atomic E-state index is 11.5. The van der Waals surface area contributed by atoms with Gasteiger partial charge in [0.05, 0.1) is 5.92 Å². The number of nitrogens with one attached hydrogen (secondary N) is 2. The van der Waals surface area contributed by atoms with E-state index in [1.807, 2.05) is 13.8 Å². The molecule has 1 rings (SSSR count). The molecule has 0 spiro atoms.